The lowest BCUT2D eigenvalue weighted by molar-refractivity contribution is -0.137. The van der Waals surface area contributed by atoms with Gasteiger partial charge in [0.2, 0.25) is 0 Å². The van der Waals surface area contributed by atoms with Gasteiger partial charge < -0.3 is 15.4 Å². The van der Waals surface area contributed by atoms with Gasteiger partial charge in [-0.25, -0.2) is 19.4 Å². The lowest BCUT2D eigenvalue weighted by Crippen LogP contribution is -2.20. The second-order valence-electron chi connectivity index (χ2n) is 6.70. The van der Waals surface area contributed by atoms with E-state index >= 15 is 0 Å². The minimum absolute atomic E-state index is 0.0214. The normalized spacial score (nSPS) is 16.3. The molecule has 2 N–H and O–H groups in total. The number of rotatable bonds is 5. The van der Waals surface area contributed by atoms with Gasteiger partial charge in [0.25, 0.3) is 0 Å². The summed E-state index contributed by atoms with van der Waals surface area (Å²) >= 11 is 0. The van der Waals surface area contributed by atoms with Crippen molar-refractivity contribution in [2.45, 2.75) is 25.7 Å². The predicted octanol–water partition coefficient (Wildman–Crippen LogP) is 2.91. The summed E-state index contributed by atoms with van der Waals surface area (Å²) in [7, 11) is 0. The van der Waals surface area contributed by atoms with Crippen LogP contribution in [0.5, 0.6) is 0 Å². The van der Waals surface area contributed by atoms with Crippen molar-refractivity contribution in [2.75, 3.05) is 11.9 Å². The van der Waals surface area contributed by atoms with Gasteiger partial charge >= 0.3 is 12.3 Å². The molecule has 0 aromatic carbocycles. The molecule has 9 nitrogen and oxygen atoms in total. The fourth-order valence-electron chi connectivity index (χ4n) is 2.92. The smallest absolute Gasteiger partial charge is 0.416 e. The average Bonchev–Trinajstić information content (AvgIpc) is 3.30. The molecule has 1 aliphatic rings. The summed E-state index contributed by atoms with van der Waals surface area (Å²) in [4.78, 5) is 19.4. The van der Waals surface area contributed by atoms with Crippen LogP contribution >= 0.6 is 0 Å². The first-order valence-electron chi connectivity index (χ1n) is 8.90. The lowest BCUT2D eigenvalue weighted by Gasteiger charge is -2.10. The molecular formula is C18H16F3N7O2. The van der Waals surface area contributed by atoms with Gasteiger partial charge in [-0.2, -0.15) is 13.2 Å². The number of amides is 1. The second kappa shape index (κ2) is 7.61. The molecule has 4 rings (SSSR count). The van der Waals surface area contributed by atoms with Gasteiger partial charge in [0, 0.05) is 6.20 Å². The number of carbonyl (C=O) groups is 1. The minimum atomic E-state index is -4.47. The maximum atomic E-state index is 12.9. The number of pyridine rings is 2. The molecule has 4 heterocycles. The van der Waals surface area contributed by atoms with Gasteiger partial charge in [-0.3, -0.25) is 0 Å². The van der Waals surface area contributed by atoms with E-state index in [4.69, 9.17) is 4.74 Å². The molecule has 0 spiro atoms. The fourth-order valence-corrected chi connectivity index (χ4v) is 2.92. The van der Waals surface area contributed by atoms with Crippen molar-refractivity contribution in [2.24, 2.45) is 0 Å². The van der Waals surface area contributed by atoms with Crippen LogP contribution in [0.1, 0.15) is 11.1 Å². The molecule has 156 valence electrons. The lowest BCUT2D eigenvalue weighted by atomic mass is 10.2. The van der Waals surface area contributed by atoms with E-state index in [0.717, 1.165) is 23.9 Å². The van der Waals surface area contributed by atoms with E-state index in [1.54, 1.807) is 18.3 Å². The van der Waals surface area contributed by atoms with Crippen molar-refractivity contribution in [3.8, 4) is 11.4 Å². The van der Waals surface area contributed by atoms with E-state index in [1.807, 2.05) is 6.92 Å². The number of anilines is 2. The molecule has 1 amide bonds. The maximum absolute atomic E-state index is 12.9. The Balaban J connectivity index is 1.53. The minimum Gasteiger partial charge on any atom is -0.442 e. The van der Waals surface area contributed by atoms with Crippen molar-refractivity contribution in [1.29, 1.82) is 0 Å². The molecule has 3 aromatic rings. The van der Waals surface area contributed by atoms with Gasteiger partial charge in [0.05, 0.1) is 30.5 Å². The molecule has 1 unspecified atom stereocenters. The Kier molecular flexibility index (Phi) is 4.98. The first-order valence-corrected chi connectivity index (χ1v) is 8.90. The molecule has 0 bridgehead atoms. The molecule has 1 saturated heterocycles. The van der Waals surface area contributed by atoms with E-state index < -0.39 is 17.8 Å². The summed E-state index contributed by atoms with van der Waals surface area (Å²) in [6.07, 6.45) is -2.55. The number of aryl methyl sites for hydroxylation is 1. The number of nitrogens with one attached hydrogen (secondary N) is 2. The highest BCUT2D eigenvalue weighted by Crippen LogP contribution is 2.30. The third kappa shape index (κ3) is 4.47. The average molecular weight is 419 g/mol. The maximum Gasteiger partial charge on any atom is 0.416 e. The molecule has 0 saturated carbocycles. The highest BCUT2D eigenvalue weighted by atomic mass is 19.4. The van der Waals surface area contributed by atoms with E-state index in [-0.39, 0.29) is 11.9 Å². The molecule has 3 aromatic heterocycles. The number of alkyl carbamates (subject to hydrolysis) is 1. The summed E-state index contributed by atoms with van der Waals surface area (Å²) < 4.78 is 45.3. The molecular weight excluding hydrogens is 403 g/mol. The summed E-state index contributed by atoms with van der Waals surface area (Å²) in [5.74, 6) is 0.341. The molecule has 1 aliphatic heterocycles. The Morgan fingerprint density at radius 1 is 1.27 bits per heavy atom. The quantitative estimate of drug-likeness (QED) is 0.655. The van der Waals surface area contributed by atoms with Crippen LogP contribution < -0.4 is 10.6 Å². The predicted molar refractivity (Wildman–Crippen MR) is 98.8 cm³/mol. The Hall–Kier alpha value is -3.70. The molecule has 0 radical (unpaired) electrons. The van der Waals surface area contributed by atoms with Crippen LogP contribution in [-0.2, 0) is 17.5 Å². The first-order chi connectivity index (χ1) is 14.3. The van der Waals surface area contributed by atoms with Gasteiger partial charge in [0.15, 0.2) is 0 Å². The summed E-state index contributed by atoms with van der Waals surface area (Å²) in [5.41, 5.74) is 0.962. The van der Waals surface area contributed by atoms with Gasteiger partial charge in [-0.15, -0.1) is 5.10 Å². The van der Waals surface area contributed by atoms with Gasteiger partial charge in [-0.1, -0.05) is 5.21 Å². The Morgan fingerprint density at radius 3 is 2.83 bits per heavy atom. The van der Waals surface area contributed by atoms with Crippen LogP contribution in [0, 0.1) is 6.92 Å². The van der Waals surface area contributed by atoms with Crippen LogP contribution in [0.3, 0.4) is 0 Å². The number of hydrogen-bond donors (Lipinski definition) is 2. The van der Waals surface area contributed by atoms with Crippen LogP contribution in [0.4, 0.5) is 29.6 Å². The highest BCUT2D eigenvalue weighted by molar-refractivity contribution is 5.69. The molecule has 0 aliphatic carbocycles. The van der Waals surface area contributed by atoms with Crippen molar-refractivity contribution >= 4 is 17.7 Å². The zero-order valence-corrected chi connectivity index (χ0v) is 15.6. The van der Waals surface area contributed by atoms with Crippen LogP contribution in [0.25, 0.3) is 11.4 Å². The zero-order chi connectivity index (χ0) is 21.3. The standard InChI is InChI=1S/C18H16F3N7O2/c1-10-4-13(14-9-28(27-26-14)8-12-7-23-17(29)30-12)24-16(5-10)25-15-6-11(2-3-22-15)18(19,20)21/h2-6,9,12H,7-8H2,1H3,(H,23,29)(H,22,24,25). The Labute approximate surface area is 168 Å². The van der Waals surface area contributed by atoms with Crippen LogP contribution in [0.15, 0.2) is 36.7 Å². The van der Waals surface area contributed by atoms with Gasteiger partial charge in [-0.05, 0) is 36.8 Å². The molecule has 12 heteroatoms. The number of cyclic esters (lactones) is 1. The SMILES string of the molecule is Cc1cc(Nc2cc(C(F)(F)F)ccn2)nc(-c2cn(CC3CNC(=O)O3)nn2)c1. The van der Waals surface area contributed by atoms with Crippen molar-refractivity contribution in [1.82, 2.24) is 30.3 Å². The number of aromatic nitrogens is 5. The monoisotopic (exact) mass is 419 g/mol. The second-order valence-corrected chi connectivity index (χ2v) is 6.70. The number of ether oxygens (including phenoxy) is 1. The molecule has 1 fully saturated rings. The van der Waals surface area contributed by atoms with Crippen LogP contribution in [0.2, 0.25) is 0 Å². The Bertz CT molecular complexity index is 1080. The number of nitrogens with zero attached hydrogens (tertiary/aromatic N) is 5. The number of carbonyl (C=O) groups excluding carboxylic acids is 1. The fraction of sp³-hybridized carbons (Fsp3) is 0.278. The van der Waals surface area contributed by atoms with Crippen LogP contribution in [-0.4, -0.2) is 43.7 Å². The van der Waals surface area contributed by atoms with E-state index in [9.17, 15) is 18.0 Å². The number of alkyl halides is 3. The topological polar surface area (TPSA) is 107 Å². The van der Waals surface area contributed by atoms with Gasteiger partial charge in [0.1, 0.15) is 23.4 Å². The third-order valence-corrected chi connectivity index (χ3v) is 4.25. The Morgan fingerprint density at radius 2 is 2.10 bits per heavy atom. The summed E-state index contributed by atoms with van der Waals surface area (Å²) in [6.45, 7) is 2.54. The largest absolute Gasteiger partial charge is 0.442 e. The highest BCUT2D eigenvalue weighted by Gasteiger charge is 2.30. The van der Waals surface area contributed by atoms with Crippen molar-refractivity contribution in [3.63, 3.8) is 0 Å². The van der Waals surface area contributed by atoms with E-state index in [1.165, 1.54) is 4.68 Å². The van der Waals surface area contributed by atoms with E-state index in [2.05, 4.69) is 30.9 Å². The summed E-state index contributed by atoms with van der Waals surface area (Å²) in [5, 5.41) is 13.4. The number of halogens is 3. The van der Waals surface area contributed by atoms with E-state index in [0.29, 0.717) is 30.3 Å². The number of hydrogen-bond acceptors (Lipinski definition) is 7. The van der Waals surface area contributed by atoms with Crippen molar-refractivity contribution < 1.29 is 22.7 Å². The molecule has 1 atom stereocenters. The third-order valence-electron chi connectivity index (χ3n) is 4.25. The summed E-state index contributed by atoms with van der Waals surface area (Å²) in [6, 6.07) is 5.27. The molecule has 30 heavy (non-hydrogen) atoms. The van der Waals surface area contributed by atoms with Crippen molar-refractivity contribution in [3.05, 3.63) is 47.8 Å². The zero-order valence-electron chi connectivity index (χ0n) is 15.6. The first kappa shape index (κ1) is 19.6.